The molecule has 0 N–H and O–H groups in total. The highest BCUT2D eigenvalue weighted by Gasteiger charge is 2.24. The third-order valence-electron chi connectivity index (χ3n) is 3.05. The van der Waals surface area contributed by atoms with Gasteiger partial charge < -0.3 is 4.90 Å². The van der Waals surface area contributed by atoms with Gasteiger partial charge in [-0.2, -0.15) is 9.78 Å². The molecule has 2 aromatic rings. The van der Waals surface area contributed by atoms with Gasteiger partial charge in [0, 0.05) is 25.5 Å². The van der Waals surface area contributed by atoms with E-state index in [2.05, 4.69) is 10.1 Å². The average molecular weight is 343 g/mol. The zero-order chi connectivity index (χ0) is 16.3. The van der Waals surface area contributed by atoms with Crippen molar-refractivity contribution >= 4 is 27.5 Å². The Morgan fingerprint density at radius 3 is 2.45 bits per heavy atom. The number of aromatic nitrogens is 3. The topological polar surface area (TPSA) is 85.2 Å². The molecule has 0 radical (unpaired) electrons. The molecule has 7 nitrogen and oxygen atoms in total. The van der Waals surface area contributed by atoms with Crippen molar-refractivity contribution in [2.24, 2.45) is 0 Å². The Morgan fingerprint density at radius 2 is 1.91 bits per heavy atom. The molecule has 0 fully saturated rings. The highest BCUT2D eigenvalue weighted by molar-refractivity contribution is 7.91. The van der Waals surface area contributed by atoms with Crippen molar-refractivity contribution in [3.8, 4) is 0 Å². The lowest BCUT2D eigenvalue weighted by Gasteiger charge is -2.17. The van der Waals surface area contributed by atoms with Crippen molar-refractivity contribution in [2.45, 2.75) is 23.9 Å². The molecule has 1 amide bonds. The van der Waals surface area contributed by atoms with Crippen LogP contribution in [-0.4, -0.2) is 47.2 Å². The molecule has 0 aliphatic rings. The Morgan fingerprint density at radius 1 is 1.23 bits per heavy atom. The van der Waals surface area contributed by atoms with E-state index in [0.717, 1.165) is 4.68 Å². The summed E-state index contributed by atoms with van der Waals surface area (Å²) in [6.45, 7) is 4.69. The predicted octanol–water partition coefficient (Wildman–Crippen LogP) is 2.07. The second-order valence-electron chi connectivity index (χ2n) is 4.37. The lowest BCUT2D eigenvalue weighted by molar-refractivity contribution is 0.201. The summed E-state index contributed by atoms with van der Waals surface area (Å²) in [5, 5.41) is 3.79. The minimum absolute atomic E-state index is 0.169. The first-order valence-corrected chi connectivity index (χ1v) is 8.47. The van der Waals surface area contributed by atoms with Crippen LogP contribution < -0.4 is 0 Å². The Bertz CT molecular complexity index is 767. The molecule has 9 heteroatoms. The maximum Gasteiger partial charge on any atom is 0.344 e. The molecule has 2 aromatic heterocycles. The first-order valence-electron chi connectivity index (χ1n) is 6.61. The fourth-order valence-corrected chi connectivity index (χ4v) is 3.02. The first-order chi connectivity index (χ1) is 10.4. The number of hydrogen-bond donors (Lipinski definition) is 0. The van der Waals surface area contributed by atoms with Crippen molar-refractivity contribution in [1.29, 1.82) is 0 Å². The van der Waals surface area contributed by atoms with Gasteiger partial charge in [0.05, 0.1) is 5.02 Å². The van der Waals surface area contributed by atoms with Crippen LogP contribution in [0.25, 0.3) is 0 Å². The monoisotopic (exact) mass is 342 g/mol. The summed E-state index contributed by atoms with van der Waals surface area (Å²) in [4.78, 5) is 17.4. The van der Waals surface area contributed by atoms with Crippen LogP contribution in [0.3, 0.4) is 0 Å². The second-order valence-corrected chi connectivity index (χ2v) is 6.65. The normalized spacial score (nSPS) is 11.4. The lowest BCUT2D eigenvalue weighted by atomic mass is 10.5. The van der Waals surface area contributed by atoms with E-state index in [0.29, 0.717) is 18.1 Å². The highest BCUT2D eigenvalue weighted by atomic mass is 35.5. The van der Waals surface area contributed by atoms with E-state index >= 15 is 0 Å². The fourth-order valence-electron chi connectivity index (χ4n) is 1.82. The van der Waals surface area contributed by atoms with Crippen LogP contribution in [0.1, 0.15) is 13.8 Å². The van der Waals surface area contributed by atoms with Gasteiger partial charge in [-0.05, 0) is 32.0 Å². The Labute approximate surface area is 133 Å². The van der Waals surface area contributed by atoms with E-state index in [9.17, 15) is 13.2 Å². The zero-order valence-corrected chi connectivity index (χ0v) is 13.7. The number of amides is 1. The highest BCUT2D eigenvalue weighted by Crippen LogP contribution is 2.18. The molecule has 0 bridgehead atoms. The van der Waals surface area contributed by atoms with Crippen molar-refractivity contribution < 1.29 is 13.2 Å². The maximum absolute atomic E-state index is 12.4. The molecule has 118 valence electrons. The summed E-state index contributed by atoms with van der Waals surface area (Å²) in [5.74, 6) is 0. The van der Waals surface area contributed by atoms with Gasteiger partial charge in [0.15, 0.2) is 10.1 Å². The van der Waals surface area contributed by atoms with Gasteiger partial charge >= 0.3 is 6.03 Å². The zero-order valence-electron chi connectivity index (χ0n) is 12.1. The predicted molar refractivity (Wildman–Crippen MR) is 80.6 cm³/mol. The molecule has 2 heterocycles. The molecule has 0 aliphatic carbocycles. The van der Waals surface area contributed by atoms with Crippen LogP contribution in [0, 0.1) is 0 Å². The summed E-state index contributed by atoms with van der Waals surface area (Å²) in [6.07, 6.45) is 2.57. The molecule has 2 rings (SSSR count). The largest absolute Gasteiger partial charge is 0.344 e. The van der Waals surface area contributed by atoms with E-state index < -0.39 is 9.84 Å². The van der Waals surface area contributed by atoms with E-state index in [4.69, 9.17) is 11.6 Å². The molecule has 22 heavy (non-hydrogen) atoms. The second kappa shape index (κ2) is 6.45. The summed E-state index contributed by atoms with van der Waals surface area (Å²) in [7, 11) is -3.88. The smallest absolute Gasteiger partial charge is 0.323 e. The molecular formula is C13H15ClN4O3S. The number of hydrogen-bond acceptors (Lipinski definition) is 5. The number of carbonyl (C=O) groups excluding carboxylic acids is 1. The van der Waals surface area contributed by atoms with Gasteiger partial charge in [0.2, 0.25) is 9.84 Å². The van der Waals surface area contributed by atoms with Gasteiger partial charge in [0.1, 0.15) is 0 Å². The Balaban J connectivity index is 2.35. The van der Waals surface area contributed by atoms with Crippen LogP contribution in [0.5, 0.6) is 0 Å². The van der Waals surface area contributed by atoms with Gasteiger partial charge in [-0.25, -0.2) is 18.2 Å². The van der Waals surface area contributed by atoms with Crippen LogP contribution in [0.4, 0.5) is 4.79 Å². The van der Waals surface area contributed by atoms with Crippen LogP contribution >= 0.6 is 11.6 Å². The standard InChI is InChI=1S/C13H15ClN4O3S/c1-3-17(4-2)13(19)18-8-7-12(16-18)22(20,21)11-6-5-10(14)9-15-11/h5-9H,3-4H2,1-2H3. The van der Waals surface area contributed by atoms with E-state index in [1.54, 1.807) is 0 Å². The quantitative estimate of drug-likeness (QED) is 0.849. The Hall–Kier alpha value is -1.93. The minimum Gasteiger partial charge on any atom is -0.323 e. The molecular weight excluding hydrogens is 328 g/mol. The van der Waals surface area contributed by atoms with Gasteiger partial charge in [0.25, 0.3) is 0 Å². The number of halogens is 1. The fraction of sp³-hybridized carbons (Fsp3) is 0.308. The number of carbonyl (C=O) groups is 1. The summed E-state index contributed by atoms with van der Waals surface area (Å²) in [5.41, 5.74) is 0. The van der Waals surface area contributed by atoms with E-state index in [1.165, 1.54) is 35.5 Å². The molecule has 0 aliphatic heterocycles. The third-order valence-corrected chi connectivity index (χ3v) is 4.83. The number of rotatable bonds is 4. The van der Waals surface area contributed by atoms with Crippen molar-refractivity contribution in [1.82, 2.24) is 19.7 Å². The molecule has 0 atom stereocenters. The van der Waals surface area contributed by atoms with E-state index in [1.807, 2.05) is 13.8 Å². The molecule has 0 unspecified atom stereocenters. The lowest BCUT2D eigenvalue weighted by Crippen LogP contribution is -2.34. The van der Waals surface area contributed by atoms with Crippen LogP contribution in [0.15, 0.2) is 40.6 Å². The van der Waals surface area contributed by atoms with Crippen molar-refractivity contribution in [3.05, 3.63) is 35.6 Å². The average Bonchev–Trinajstić information content (AvgIpc) is 2.99. The summed E-state index contributed by atoms with van der Waals surface area (Å²) >= 11 is 5.69. The van der Waals surface area contributed by atoms with Gasteiger partial charge in [-0.15, -0.1) is 0 Å². The summed E-state index contributed by atoms with van der Waals surface area (Å²) < 4.78 is 25.8. The molecule has 0 aromatic carbocycles. The first kappa shape index (κ1) is 16.4. The van der Waals surface area contributed by atoms with Gasteiger partial charge in [-0.1, -0.05) is 11.6 Å². The van der Waals surface area contributed by atoms with E-state index in [-0.39, 0.29) is 16.1 Å². The SMILES string of the molecule is CCN(CC)C(=O)n1ccc(S(=O)(=O)c2ccc(Cl)cn2)n1. The number of pyridine rings is 1. The summed E-state index contributed by atoms with van der Waals surface area (Å²) in [6, 6.07) is 3.62. The van der Waals surface area contributed by atoms with Crippen LogP contribution in [-0.2, 0) is 9.84 Å². The van der Waals surface area contributed by atoms with Crippen molar-refractivity contribution in [3.63, 3.8) is 0 Å². The third kappa shape index (κ3) is 3.12. The molecule has 0 spiro atoms. The Kier molecular flexibility index (Phi) is 4.82. The number of sulfone groups is 1. The van der Waals surface area contributed by atoms with Gasteiger partial charge in [-0.3, -0.25) is 0 Å². The number of nitrogens with zero attached hydrogens (tertiary/aromatic N) is 4. The molecule has 0 saturated carbocycles. The van der Waals surface area contributed by atoms with Crippen molar-refractivity contribution in [2.75, 3.05) is 13.1 Å². The maximum atomic E-state index is 12.4. The minimum atomic E-state index is -3.88. The van der Waals surface area contributed by atoms with Crippen LogP contribution in [0.2, 0.25) is 5.02 Å². The molecule has 0 saturated heterocycles.